The second-order valence-corrected chi connectivity index (χ2v) is 22.5. The molecule has 2 bridgehead atoms. The first-order valence-electron chi connectivity index (χ1n) is 27.8. The highest BCUT2D eigenvalue weighted by atomic mass is 19.1. The molecule has 1 aliphatic carbocycles. The number of halogens is 1. The van der Waals surface area contributed by atoms with Gasteiger partial charge in [0.15, 0.2) is 24.4 Å². The smallest absolute Gasteiger partial charge is 0.335 e. The monoisotopic (exact) mass is 1190 g/mol. The van der Waals surface area contributed by atoms with E-state index in [2.05, 4.69) is 75.3 Å². The predicted molar refractivity (Wildman–Crippen MR) is 300 cm³/mol. The van der Waals surface area contributed by atoms with E-state index in [9.17, 15) is 38.3 Å². The van der Waals surface area contributed by atoms with E-state index in [-0.39, 0.29) is 30.0 Å². The number of aliphatic carboxylic acids is 4. The third kappa shape index (κ3) is 11.0. The lowest BCUT2D eigenvalue weighted by atomic mass is 9.47. The molecule has 13 atom stereocenters. The molecule has 3 aromatic carbocycles. The van der Waals surface area contributed by atoms with Gasteiger partial charge in [0.25, 0.3) is 5.91 Å². The number of methoxy groups -OCH3 is 2. The summed E-state index contributed by atoms with van der Waals surface area (Å²) in [5, 5.41) is 83.0. The molecule has 4 aromatic rings. The minimum Gasteiger partial charge on any atom is -0.496 e. The number of aliphatic hydroxyl groups excluding tert-OH is 4. The van der Waals surface area contributed by atoms with Crippen molar-refractivity contribution in [2.45, 2.75) is 112 Å². The minimum absolute atomic E-state index is 0.00822. The summed E-state index contributed by atoms with van der Waals surface area (Å²) < 4.78 is 32.8. The van der Waals surface area contributed by atoms with Crippen LogP contribution in [0.2, 0.25) is 0 Å². The van der Waals surface area contributed by atoms with Gasteiger partial charge in [-0.15, -0.1) is 0 Å². The van der Waals surface area contributed by atoms with E-state index >= 15 is 4.79 Å². The molecular formula is C60H72FN5O19. The standard InChI is InChI=1S/C52H60FN5O7.2C4H6O6/c1-7-32-24-33-27-51(48(61)64-6,43-37(18-22-57(28-32)29-33)36-12-9-10-13-40(36)55-43)39-25-38-41(26-42(39)63-5)56(4)46-50(38)20-23-58-21-11-19-49(8-2,45(50)58)47(65-31(3)59)52(46,62)30-54-44(60)34-14-16-35(53)17-15-34;2*5-1(3(7)8)2(6)4(9)10/h9-17,19,24-26,33,45-47,55,62H,7-8,18,20-23,27-30H2,1-6H3,(H,54,60);2*1-2,5-6H,(H,7,8)(H,9,10)/t33-,45-,46+,47+,49+,50+,51-,52-;;/m0../s1. The number of carbonyl (C=O) groups excluding carboxylic acids is 3. The highest BCUT2D eigenvalue weighted by Gasteiger charge is 2.78. The molecule has 1 saturated heterocycles. The van der Waals surface area contributed by atoms with Crippen LogP contribution in [0, 0.1) is 17.2 Å². The molecule has 1 amide bonds. The van der Waals surface area contributed by atoms with Crippen molar-refractivity contribution in [1.82, 2.24) is 20.1 Å². The molecule has 6 heterocycles. The van der Waals surface area contributed by atoms with Gasteiger partial charge in [-0.1, -0.05) is 55.8 Å². The van der Waals surface area contributed by atoms with Gasteiger partial charge < -0.3 is 75.4 Å². The van der Waals surface area contributed by atoms with Crippen molar-refractivity contribution < 1.29 is 98.1 Å². The maximum atomic E-state index is 15.4. The number of carboxylic acid groups (broad SMARTS) is 4. The number of carboxylic acids is 4. The Morgan fingerprint density at radius 2 is 1.46 bits per heavy atom. The Morgan fingerprint density at radius 3 is 2.02 bits per heavy atom. The molecule has 11 N–H and O–H groups in total. The molecular weight excluding hydrogens is 1110 g/mol. The van der Waals surface area contributed by atoms with Gasteiger partial charge in [0, 0.05) is 96.5 Å². The van der Waals surface area contributed by atoms with E-state index in [0.717, 1.165) is 65.9 Å². The van der Waals surface area contributed by atoms with E-state index in [0.29, 0.717) is 43.7 Å². The first-order chi connectivity index (χ1) is 40.2. The number of para-hydroxylation sites is 1. The number of nitrogens with one attached hydrogen (secondary N) is 2. The average molecular weight is 1190 g/mol. The van der Waals surface area contributed by atoms with Gasteiger partial charge >= 0.3 is 35.8 Å². The van der Waals surface area contributed by atoms with Crippen LogP contribution in [-0.4, -0.2) is 211 Å². The second kappa shape index (κ2) is 24.7. The van der Waals surface area contributed by atoms with E-state index in [1.165, 1.54) is 43.9 Å². The largest absolute Gasteiger partial charge is 0.496 e. The van der Waals surface area contributed by atoms with E-state index in [4.69, 9.17) is 55.1 Å². The molecule has 85 heavy (non-hydrogen) atoms. The molecule has 0 radical (unpaired) electrons. The maximum Gasteiger partial charge on any atom is 0.335 e. The predicted octanol–water partition coefficient (Wildman–Crippen LogP) is 1.95. The van der Waals surface area contributed by atoms with Gasteiger partial charge in [-0.05, 0) is 92.1 Å². The summed E-state index contributed by atoms with van der Waals surface area (Å²) in [5.41, 5.74) is 1.94. The van der Waals surface area contributed by atoms with Gasteiger partial charge in [-0.25, -0.2) is 23.6 Å². The summed E-state index contributed by atoms with van der Waals surface area (Å²) in [6.45, 7) is 9.24. The van der Waals surface area contributed by atoms with Gasteiger partial charge in [0.2, 0.25) is 0 Å². The number of amides is 1. The molecule has 6 aliphatic rings. The van der Waals surface area contributed by atoms with Crippen LogP contribution in [0.15, 0.2) is 84.5 Å². The lowest BCUT2D eigenvalue weighted by Gasteiger charge is -2.64. The van der Waals surface area contributed by atoms with Crippen molar-refractivity contribution in [2.75, 3.05) is 65.4 Å². The summed E-state index contributed by atoms with van der Waals surface area (Å²) in [5.74, 6) is -8.44. The molecule has 25 heteroatoms. The zero-order valence-corrected chi connectivity index (χ0v) is 47.7. The zero-order valence-electron chi connectivity index (χ0n) is 47.7. The number of aromatic amines is 1. The molecule has 458 valence electrons. The van der Waals surface area contributed by atoms with Gasteiger partial charge in [0.1, 0.15) is 28.7 Å². The van der Waals surface area contributed by atoms with Gasteiger partial charge in [-0.3, -0.25) is 24.2 Å². The van der Waals surface area contributed by atoms with Crippen molar-refractivity contribution in [3.05, 3.63) is 118 Å². The molecule has 2 fully saturated rings. The highest BCUT2D eigenvalue weighted by molar-refractivity contribution is 5.95. The Bertz CT molecular complexity index is 3240. The fraction of sp³-hybridized carbons (Fsp3) is 0.483. The zero-order chi connectivity index (χ0) is 62.2. The Balaban J connectivity index is 0.000000403. The number of hydrogen-bond acceptors (Lipinski definition) is 18. The number of hydrogen-bond donors (Lipinski definition) is 11. The minimum atomic E-state index is -2.27. The molecule has 5 aliphatic heterocycles. The van der Waals surface area contributed by atoms with Crippen LogP contribution in [0.4, 0.5) is 10.1 Å². The number of ether oxygens (including phenoxy) is 3. The molecule has 10 rings (SSSR count). The lowest BCUT2D eigenvalue weighted by Crippen LogP contribution is -2.81. The number of aliphatic hydroxyl groups is 5. The summed E-state index contributed by atoms with van der Waals surface area (Å²) in [6, 6.07) is 16.7. The van der Waals surface area contributed by atoms with E-state index < -0.39 is 100.0 Å². The molecule has 1 aromatic heterocycles. The van der Waals surface area contributed by atoms with Crippen LogP contribution >= 0.6 is 0 Å². The SMILES string of the molecule is CCC1=C[C@@H]2CN(CCc3c([nH]c4ccccc34)[C@@](C(=O)OC)(c3cc4c(cc3OC)N(C)[C@H]3[C@@](O)(CNC(=O)c5ccc(F)cc5)[C@H](OC(C)=O)[C@]5(CC)C=CCN6CC[C@]43[C@@H]65)C2)C1.O=C(O)C(O)C(O)C(=O)O.O=C(O)C(O)C(O)C(=O)O. The fourth-order valence-electron chi connectivity index (χ4n) is 14.5. The van der Waals surface area contributed by atoms with E-state index in [1.54, 1.807) is 7.11 Å². The van der Waals surface area contributed by atoms with Crippen LogP contribution in [0.5, 0.6) is 5.75 Å². The molecule has 24 nitrogen and oxygen atoms in total. The number of carbonyl (C=O) groups is 7. The number of benzene rings is 3. The summed E-state index contributed by atoms with van der Waals surface area (Å²) in [6.07, 6.45) is -0.310. The van der Waals surface area contributed by atoms with Crippen molar-refractivity contribution >= 4 is 58.3 Å². The number of esters is 2. The normalized spacial score (nSPS) is 28.4. The number of rotatable bonds is 15. The average Bonchev–Trinajstić information content (AvgIpc) is 1.53. The third-order valence-corrected chi connectivity index (χ3v) is 17.9. The first kappa shape index (κ1) is 63.2. The van der Waals surface area contributed by atoms with Crippen LogP contribution in [-0.2, 0) is 55.5 Å². The lowest BCUT2D eigenvalue weighted by molar-refractivity contribution is -0.216. The number of fused-ring (bicyclic) bond motifs is 6. The summed E-state index contributed by atoms with van der Waals surface area (Å²) in [4.78, 5) is 92.6. The molecule has 5 unspecified atom stereocenters. The Morgan fingerprint density at radius 1 is 0.835 bits per heavy atom. The van der Waals surface area contributed by atoms with Crippen molar-refractivity contribution in [1.29, 1.82) is 0 Å². The third-order valence-electron chi connectivity index (χ3n) is 17.9. The van der Waals surface area contributed by atoms with Crippen LogP contribution < -0.4 is 15.0 Å². The quantitative estimate of drug-likeness (QED) is 0.0598. The number of aromatic nitrogens is 1. The number of H-pyrrole nitrogens is 1. The Hall–Kier alpha value is -7.78. The first-order valence-corrected chi connectivity index (χ1v) is 27.8. The summed E-state index contributed by atoms with van der Waals surface area (Å²) >= 11 is 0. The van der Waals surface area contributed by atoms with Crippen molar-refractivity contribution in [3.8, 4) is 5.75 Å². The molecule has 1 saturated carbocycles. The fourth-order valence-corrected chi connectivity index (χ4v) is 14.5. The van der Waals surface area contributed by atoms with Crippen molar-refractivity contribution in [3.63, 3.8) is 0 Å². The highest BCUT2D eigenvalue weighted by Crippen LogP contribution is 2.68. The number of nitrogens with zero attached hydrogens (tertiary/aromatic N) is 3. The Kier molecular flexibility index (Phi) is 18.4. The van der Waals surface area contributed by atoms with Gasteiger partial charge in [-0.2, -0.15) is 0 Å². The number of anilines is 1. The molecule has 1 spiro atoms. The number of likely N-dealkylation sites (N-methyl/N-ethyl adjacent to an activating group) is 1. The van der Waals surface area contributed by atoms with E-state index in [1.807, 2.05) is 25.2 Å². The van der Waals surface area contributed by atoms with Crippen LogP contribution in [0.25, 0.3) is 10.9 Å². The maximum absolute atomic E-state index is 15.4. The van der Waals surface area contributed by atoms with Crippen molar-refractivity contribution in [2.24, 2.45) is 11.3 Å². The van der Waals surface area contributed by atoms with Gasteiger partial charge in [0.05, 0.1) is 26.8 Å². The Labute approximate surface area is 487 Å². The summed E-state index contributed by atoms with van der Waals surface area (Å²) in [7, 11) is 5.06. The van der Waals surface area contributed by atoms with Crippen LogP contribution in [0.3, 0.4) is 0 Å². The topological polar surface area (TPSA) is 367 Å². The van der Waals surface area contributed by atoms with Crippen LogP contribution in [0.1, 0.15) is 79.2 Å². The second-order valence-electron chi connectivity index (χ2n) is 22.5.